The lowest BCUT2D eigenvalue weighted by Crippen LogP contribution is -2.43. The van der Waals surface area contributed by atoms with Gasteiger partial charge in [-0.05, 0) is 32.7 Å². The summed E-state index contributed by atoms with van der Waals surface area (Å²) in [4.78, 5) is 45.0. The first-order chi connectivity index (χ1) is 11.9. The third kappa shape index (κ3) is 5.38. The Bertz CT molecular complexity index is 601. The van der Waals surface area contributed by atoms with Crippen molar-refractivity contribution in [1.29, 1.82) is 0 Å². The number of hydrogen-bond donors (Lipinski definition) is 3. The average molecular weight is 349 g/mol. The number of H-pyrrole nitrogens is 1. The van der Waals surface area contributed by atoms with E-state index in [1.165, 1.54) is 0 Å². The fourth-order valence-electron chi connectivity index (χ4n) is 2.97. The summed E-state index contributed by atoms with van der Waals surface area (Å²) in [6, 6.07) is -0.449. The first-order valence-corrected chi connectivity index (χ1v) is 8.73. The highest BCUT2D eigenvalue weighted by atomic mass is 16.2. The van der Waals surface area contributed by atoms with Crippen molar-refractivity contribution in [3.63, 3.8) is 0 Å². The zero-order valence-corrected chi connectivity index (χ0v) is 14.8. The summed E-state index contributed by atoms with van der Waals surface area (Å²) >= 11 is 0. The van der Waals surface area contributed by atoms with Crippen LogP contribution in [0.1, 0.15) is 51.4 Å². The van der Waals surface area contributed by atoms with Crippen molar-refractivity contribution in [3.8, 4) is 0 Å². The monoisotopic (exact) mass is 349 g/mol. The molecule has 1 aromatic rings. The average Bonchev–Trinajstić information content (AvgIpc) is 3.05. The number of nitrogens with one attached hydrogen (secondary N) is 2. The molecule has 0 spiro atoms. The molecular weight excluding hydrogens is 322 g/mol. The van der Waals surface area contributed by atoms with Gasteiger partial charge in [0.1, 0.15) is 5.82 Å². The number of hydrogen-bond acceptors (Lipinski definition) is 5. The maximum atomic E-state index is 12.5. The molecule has 25 heavy (non-hydrogen) atoms. The van der Waals surface area contributed by atoms with E-state index in [2.05, 4.69) is 20.2 Å². The molecule has 1 saturated heterocycles. The van der Waals surface area contributed by atoms with Crippen molar-refractivity contribution in [1.82, 2.24) is 20.2 Å². The van der Waals surface area contributed by atoms with Crippen molar-refractivity contribution in [3.05, 3.63) is 18.2 Å². The van der Waals surface area contributed by atoms with Gasteiger partial charge in [0.05, 0.1) is 18.6 Å². The van der Waals surface area contributed by atoms with E-state index in [9.17, 15) is 14.4 Å². The van der Waals surface area contributed by atoms with Gasteiger partial charge in [0, 0.05) is 24.7 Å². The van der Waals surface area contributed by atoms with Crippen molar-refractivity contribution in [2.24, 2.45) is 11.7 Å². The number of rotatable bonds is 7. The standard InChI is InChI=1S/C17H27N5O3/c1-11(16(18)25)5-6-15(24)21-13-4-3-9-22(10-14(13)23)12(2)17-19-7-8-20-17/h7-8,11-13H,3-6,9-10H2,1-2H3,(H2,18,25)(H,19,20)(H,21,24)/t11?,12-,13?/m0/s1. The van der Waals surface area contributed by atoms with Crippen LogP contribution in [0.5, 0.6) is 0 Å². The maximum Gasteiger partial charge on any atom is 0.220 e. The van der Waals surface area contributed by atoms with E-state index in [4.69, 9.17) is 5.73 Å². The molecule has 138 valence electrons. The fraction of sp³-hybridized carbons (Fsp3) is 0.647. The molecular formula is C17H27N5O3. The van der Waals surface area contributed by atoms with Gasteiger partial charge in [-0.1, -0.05) is 6.92 Å². The van der Waals surface area contributed by atoms with Gasteiger partial charge < -0.3 is 16.0 Å². The van der Waals surface area contributed by atoms with Crippen LogP contribution in [0.25, 0.3) is 0 Å². The quantitative estimate of drug-likeness (QED) is 0.663. The molecule has 0 aromatic carbocycles. The highest BCUT2D eigenvalue weighted by molar-refractivity contribution is 5.90. The van der Waals surface area contributed by atoms with Crippen LogP contribution >= 0.6 is 0 Å². The molecule has 8 nitrogen and oxygen atoms in total. The van der Waals surface area contributed by atoms with E-state index >= 15 is 0 Å². The number of nitrogens with zero attached hydrogens (tertiary/aromatic N) is 2. The number of primary amides is 1. The number of amides is 2. The van der Waals surface area contributed by atoms with Gasteiger partial charge in [0.25, 0.3) is 0 Å². The van der Waals surface area contributed by atoms with Crippen molar-refractivity contribution in [2.75, 3.05) is 13.1 Å². The maximum absolute atomic E-state index is 12.5. The van der Waals surface area contributed by atoms with Gasteiger partial charge in [0.2, 0.25) is 11.8 Å². The van der Waals surface area contributed by atoms with Gasteiger partial charge in [-0.15, -0.1) is 0 Å². The molecule has 3 atom stereocenters. The van der Waals surface area contributed by atoms with E-state index < -0.39 is 11.9 Å². The van der Waals surface area contributed by atoms with Crippen LogP contribution in [-0.2, 0) is 14.4 Å². The number of carbonyl (C=O) groups excluding carboxylic acids is 3. The molecule has 0 aliphatic carbocycles. The molecule has 2 heterocycles. The molecule has 1 aliphatic rings. The number of Topliss-reactive ketones (excluding diaryl/α,β-unsaturated/α-hetero) is 1. The Morgan fingerprint density at radius 2 is 2.24 bits per heavy atom. The van der Waals surface area contributed by atoms with E-state index in [-0.39, 0.29) is 36.6 Å². The summed E-state index contributed by atoms with van der Waals surface area (Å²) in [7, 11) is 0. The molecule has 1 fully saturated rings. The van der Waals surface area contributed by atoms with Gasteiger partial charge >= 0.3 is 0 Å². The number of aromatic amines is 1. The number of aromatic nitrogens is 2. The SMILES string of the molecule is CC(CCC(=O)NC1CCCN([C@@H](C)c2ncc[nH]2)CC1=O)C(N)=O. The summed E-state index contributed by atoms with van der Waals surface area (Å²) in [6.07, 6.45) is 5.49. The molecule has 1 aliphatic heterocycles. The summed E-state index contributed by atoms with van der Waals surface area (Å²) in [6.45, 7) is 4.76. The highest BCUT2D eigenvalue weighted by Crippen LogP contribution is 2.20. The molecule has 2 rings (SSSR count). The largest absolute Gasteiger partial charge is 0.369 e. The second-order valence-corrected chi connectivity index (χ2v) is 6.69. The summed E-state index contributed by atoms with van der Waals surface area (Å²) in [5.74, 6) is -0.136. The van der Waals surface area contributed by atoms with E-state index in [0.29, 0.717) is 12.8 Å². The second kappa shape index (κ2) is 8.75. The summed E-state index contributed by atoms with van der Waals surface area (Å²) in [5, 5.41) is 2.81. The van der Waals surface area contributed by atoms with Crippen molar-refractivity contribution < 1.29 is 14.4 Å². The summed E-state index contributed by atoms with van der Waals surface area (Å²) in [5.41, 5.74) is 5.19. The number of ketones is 1. The van der Waals surface area contributed by atoms with Crippen LogP contribution < -0.4 is 11.1 Å². The Morgan fingerprint density at radius 1 is 1.48 bits per heavy atom. The topological polar surface area (TPSA) is 121 Å². The van der Waals surface area contributed by atoms with Gasteiger partial charge in [-0.2, -0.15) is 0 Å². The third-order valence-electron chi connectivity index (χ3n) is 4.77. The predicted octanol–water partition coefficient (Wildman–Crippen LogP) is 0.522. The number of carbonyl (C=O) groups is 3. The first kappa shape index (κ1) is 19.1. The second-order valence-electron chi connectivity index (χ2n) is 6.69. The molecule has 8 heteroatoms. The van der Waals surface area contributed by atoms with E-state index in [1.54, 1.807) is 19.3 Å². The third-order valence-corrected chi connectivity index (χ3v) is 4.77. The minimum absolute atomic E-state index is 0.00667. The van der Waals surface area contributed by atoms with Crippen molar-refractivity contribution in [2.45, 2.75) is 51.6 Å². The molecule has 0 bridgehead atoms. The lowest BCUT2D eigenvalue weighted by Gasteiger charge is -2.25. The highest BCUT2D eigenvalue weighted by Gasteiger charge is 2.29. The predicted molar refractivity (Wildman–Crippen MR) is 92.3 cm³/mol. The van der Waals surface area contributed by atoms with Crippen LogP contribution in [0.4, 0.5) is 0 Å². The molecule has 2 unspecified atom stereocenters. The lowest BCUT2D eigenvalue weighted by molar-refractivity contribution is -0.128. The molecule has 0 radical (unpaired) electrons. The Labute approximate surface area is 147 Å². The Hall–Kier alpha value is -2.22. The van der Waals surface area contributed by atoms with Gasteiger partial charge in [-0.25, -0.2) is 4.98 Å². The van der Waals surface area contributed by atoms with Gasteiger partial charge in [0.15, 0.2) is 5.78 Å². The van der Waals surface area contributed by atoms with Gasteiger partial charge in [-0.3, -0.25) is 19.3 Å². The smallest absolute Gasteiger partial charge is 0.220 e. The number of imidazole rings is 1. The number of nitrogens with two attached hydrogens (primary N) is 1. The Balaban J connectivity index is 1.86. The first-order valence-electron chi connectivity index (χ1n) is 8.73. The van der Waals surface area contributed by atoms with Crippen LogP contribution in [0.3, 0.4) is 0 Å². The Morgan fingerprint density at radius 3 is 2.88 bits per heavy atom. The zero-order chi connectivity index (χ0) is 18.4. The molecule has 0 saturated carbocycles. The molecule has 1 aromatic heterocycles. The van der Waals surface area contributed by atoms with E-state index in [1.807, 2.05) is 6.92 Å². The van der Waals surface area contributed by atoms with E-state index in [0.717, 1.165) is 18.8 Å². The molecule has 2 amide bonds. The minimum Gasteiger partial charge on any atom is -0.369 e. The van der Waals surface area contributed by atoms with Crippen LogP contribution in [0, 0.1) is 5.92 Å². The van der Waals surface area contributed by atoms with Crippen molar-refractivity contribution >= 4 is 17.6 Å². The minimum atomic E-state index is -0.467. The summed E-state index contributed by atoms with van der Waals surface area (Å²) < 4.78 is 0. The zero-order valence-electron chi connectivity index (χ0n) is 14.8. The normalized spacial score (nSPS) is 21.4. The van der Waals surface area contributed by atoms with Crippen LogP contribution in [0.2, 0.25) is 0 Å². The van der Waals surface area contributed by atoms with Crippen LogP contribution in [-0.4, -0.2) is 51.6 Å². The van der Waals surface area contributed by atoms with Crippen LogP contribution in [0.15, 0.2) is 12.4 Å². The lowest BCUT2D eigenvalue weighted by atomic mass is 10.0. The Kier molecular flexibility index (Phi) is 6.69. The fourth-order valence-corrected chi connectivity index (χ4v) is 2.97. The molecule has 4 N–H and O–H groups in total. The number of likely N-dealkylation sites (tertiary alicyclic amines) is 1.